The van der Waals surface area contributed by atoms with Crippen LogP contribution in [0.5, 0.6) is 11.5 Å². The quantitative estimate of drug-likeness (QED) is 0.447. The summed E-state index contributed by atoms with van der Waals surface area (Å²) < 4.78 is 5.28. The molecule has 7 nitrogen and oxygen atoms in total. The second-order valence-corrected chi connectivity index (χ2v) is 6.40. The molecule has 0 heterocycles. The van der Waals surface area contributed by atoms with Crippen molar-refractivity contribution in [2.45, 2.75) is 13.3 Å². The number of hydrazone groups is 1. The summed E-state index contributed by atoms with van der Waals surface area (Å²) >= 11 is 11.7. The predicted octanol–water partition coefficient (Wildman–Crippen LogP) is 3.37. The molecule has 2 rings (SSSR count). The lowest BCUT2D eigenvalue weighted by atomic mass is 10.2. The molecule has 0 fully saturated rings. The van der Waals surface area contributed by atoms with Gasteiger partial charge in [0.15, 0.2) is 11.5 Å². The summed E-state index contributed by atoms with van der Waals surface area (Å²) in [5, 5.41) is 16.7. The molecule has 148 valence electrons. The van der Waals surface area contributed by atoms with Crippen LogP contribution in [0, 0.1) is 0 Å². The number of phenols is 1. The highest BCUT2D eigenvalue weighted by atomic mass is 35.5. The summed E-state index contributed by atoms with van der Waals surface area (Å²) in [6, 6.07) is 9.24. The van der Waals surface area contributed by atoms with E-state index in [0.29, 0.717) is 28.5 Å². The maximum Gasteiger partial charge on any atom is 0.251 e. The van der Waals surface area contributed by atoms with Crippen LogP contribution in [0.2, 0.25) is 10.0 Å². The van der Waals surface area contributed by atoms with Crippen molar-refractivity contribution in [3.05, 3.63) is 57.6 Å². The number of hydrogen-bond acceptors (Lipinski definition) is 5. The highest BCUT2D eigenvalue weighted by Crippen LogP contribution is 2.26. The Morgan fingerprint density at radius 3 is 2.68 bits per heavy atom. The number of hydrogen-bond donors (Lipinski definition) is 3. The largest absolute Gasteiger partial charge is 0.504 e. The third-order valence-corrected chi connectivity index (χ3v) is 4.25. The van der Waals surface area contributed by atoms with Gasteiger partial charge in [0.1, 0.15) is 0 Å². The molecule has 2 aromatic rings. The van der Waals surface area contributed by atoms with Crippen molar-refractivity contribution in [3.8, 4) is 11.5 Å². The van der Waals surface area contributed by atoms with Crippen molar-refractivity contribution in [2.75, 3.05) is 13.2 Å². The molecule has 0 aromatic heterocycles. The molecule has 0 saturated heterocycles. The Bertz CT molecular complexity index is 887. The average molecular weight is 424 g/mol. The molecule has 2 aromatic carbocycles. The van der Waals surface area contributed by atoms with Crippen LogP contribution < -0.4 is 15.5 Å². The first-order valence-electron chi connectivity index (χ1n) is 8.41. The Morgan fingerprint density at radius 1 is 1.18 bits per heavy atom. The SMILES string of the molecule is CCOc1cc(/C=N/NC(=O)CCNC(=O)c2ccc(Cl)c(Cl)c2)ccc1O. The number of nitrogens with zero attached hydrogens (tertiary/aromatic N) is 1. The first kappa shape index (κ1) is 21.5. The van der Waals surface area contributed by atoms with Gasteiger partial charge in [-0.2, -0.15) is 5.10 Å². The minimum atomic E-state index is -0.366. The van der Waals surface area contributed by atoms with E-state index in [1.54, 1.807) is 25.1 Å². The fourth-order valence-corrected chi connectivity index (χ4v) is 2.44. The first-order valence-corrected chi connectivity index (χ1v) is 9.17. The molecule has 0 atom stereocenters. The van der Waals surface area contributed by atoms with E-state index in [1.807, 2.05) is 0 Å². The van der Waals surface area contributed by atoms with Gasteiger partial charge in [-0.05, 0) is 48.9 Å². The topological polar surface area (TPSA) is 100 Å². The molecule has 9 heteroatoms. The van der Waals surface area contributed by atoms with E-state index in [4.69, 9.17) is 27.9 Å². The van der Waals surface area contributed by atoms with Crippen LogP contribution in [0.1, 0.15) is 29.3 Å². The zero-order valence-electron chi connectivity index (χ0n) is 15.0. The number of carbonyl (C=O) groups excluding carboxylic acids is 2. The maximum atomic E-state index is 12.0. The summed E-state index contributed by atoms with van der Waals surface area (Å²) in [4.78, 5) is 23.8. The average Bonchev–Trinajstić information content (AvgIpc) is 2.66. The maximum absolute atomic E-state index is 12.0. The van der Waals surface area contributed by atoms with E-state index in [0.717, 1.165) is 0 Å². The lowest BCUT2D eigenvalue weighted by Crippen LogP contribution is -2.29. The molecule has 0 aliphatic rings. The van der Waals surface area contributed by atoms with Crippen LogP contribution in [-0.2, 0) is 4.79 Å². The molecule has 28 heavy (non-hydrogen) atoms. The normalized spacial score (nSPS) is 10.7. The summed E-state index contributed by atoms with van der Waals surface area (Å²) in [5.74, 6) is -0.361. The minimum absolute atomic E-state index is 0.0285. The molecule has 0 aliphatic carbocycles. The predicted molar refractivity (Wildman–Crippen MR) is 108 cm³/mol. The van der Waals surface area contributed by atoms with Crippen LogP contribution in [0.3, 0.4) is 0 Å². The fraction of sp³-hybridized carbons (Fsp3) is 0.211. The van der Waals surface area contributed by atoms with Gasteiger partial charge in [0.05, 0.1) is 22.9 Å². The third kappa shape index (κ3) is 6.44. The molecule has 0 bridgehead atoms. The van der Waals surface area contributed by atoms with Crippen LogP contribution in [0.4, 0.5) is 0 Å². The number of ether oxygens (including phenoxy) is 1. The Kier molecular flexibility index (Phi) is 8.10. The number of halogens is 2. The zero-order chi connectivity index (χ0) is 20.5. The summed E-state index contributed by atoms with van der Waals surface area (Å²) in [6.45, 7) is 2.35. The number of carbonyl (C=O) groups is 2. The summed E-state index contributed by atoms with van der Waals surface area (Å²) in [7, 11) is 0. The van der Waals surface area contributed by atoms with Gasteiger partial charge >= 0.3 is 0 Å². The van der Waals surface area contributed by atoms with Crippen molar-refractivity contribution in [1.29, 1.82) is 0 Å². The number of amides is 2. The van der Waals surface area contributed by atoms with Gasteiger partial charge in [0.2, 0.25) is 5.91 Å². The van der Waals surface area contributed by atoms with E-state index in [9.17, 15) is 14.7 Å². The van der Waals surface area contributed by atoms with Gasteiger partial charge in [-0.15, -0.1) is 0 Å². The molecule has 0 saturated carbocycles. The summed E-state index contributed by atoms with van der Waals surface area (Å²) in [5.41, 5.74) is 3.36. The second kappa shape index (κ2) is 10.5. The van der Waals surface area contributed by atoms with Gasteiger partial charge in [-0.25, -0.2) is 5.43 Å². The van der Waals surface area contributed by atoms with Crippen LogP contribution in [0.15, 0.2) is 41.5 Å². The number of rotatable bonds is 8. The molecule has 0 radical (unpaired) electrons. The van der Waals surface area contributed by atoms with Crippen molar-refractivity contribution < 1.29 is 19.4 Å². The molecule has 2 amide bonds. The number of phenolic OH excluding ortho intramolecular Hbond substituents is 1. The number of benzene rings is 2. The molecular formula is C19H19Cl2N3O4. The Balaban J connectivity index is 1.78. The van der Waals surface area contributed by atoms with Crippen LogP contribution >= 0.6 is 23.2 Å². The van der Waals surface area contributed by atoms with Gasteiger partial charge < -0.3 is 15.2 Å². The van der Waals surface area contributed by atoms with E-state index in [1.165, 1.54) is 24.4 Å². The van der Waals surface area contributed by atoms with Crippen LogP contribution in [0.25, 0.3) is 0 Å². The highest BCUT2D eigenvalue weighted by molar-refractivity contribution is 6.42. The Hall–Kier alpha value is -2.77. The lowest BCUT2D eigenvalue weighted by molar-refractivity contribution is -0.120. The van der Waals surface area contributed by atoms with E-state index in [-0.39, 0.29) is 35.6 Å². The fourth-order valence-electron chi connectivity index (χ4n) is 2.15. The monoisotopic (exact) mass is 423 g/mol. The van der Waals surface area contributed by atoms with E-state index < -0.39 is 0 Å². The van der Waals surface area contributed by atoms with Crippen molar-refractivity contribution in [1.82, 2.24) is 10.7 Å². The lowest BCUT2D eigenvalue weighted by Gasteiger charge is -2.06. The Labute approximate surface area is 172 Å². The molecule has 0 unspecified atom stereocenters. The first-order chi connectivity index (χ1) is 13.4. The van der Waals surface area contributed by atoms with E-state index in [2.05, 4.69) is 15.8 Å². The van der Waals surface area contributed by atoms with Gasteiger partial charge in [0, 0.05) is 18.5 Å². The van der Waals surface area contributed by atoms with Gasteiger partial charge in [-0.1, -0.05) is 23.2 Å². The zero-order valence-corrected chi connectivity index (χ0v) is 16.5. The standard InChI is InChI=1S/C19H19Cl2N3O4/c1-2-28-17-9-12(3-6-16(17)25)11-23-24-18(26)7-8-22-19(27)13-4-5-14(20)15(21)10-13/h3-6,9-11,25H,2,7-8H2,1H3,(H,22,27)(H,24,26)/b23-11+. The van der Waals surface area contributed by atoms with Crippen LogP contribution in [-0.4, -0.2) is 36.3 Å². The molecular weight excluding hydrogens is 405 g/mol. The second-order valence-electron chi connectivity index (χ2n) is 5.59. The molecule has 0 spiro atoms. The van der Waals surface area contributed by atoms with Crippen molar-refractivity contribution in [3.63, 3.8) is 0 Å². The van der Waals surface area contributed by atoms with E-state index >= 15 is 0 Å². The van der Waals surface area contributed by atoms with Gasteiger partial charge in [-0.3, -0.25) is 9.59 Å². The van der Waals surface area contributed by atoms with Gasteiger partial charge in [0.25, 0.3) is 5.91 Å². The molecule has 0 aliphatic heterocycles. The van der Waals surface area contributed by atoms with Crippen molar-refractivity contribution >= 4 is 41.2 Å². The molecule has 3 N–H and O–H groups in total. The van der Waals surface area contributed by atoms with Crippen molar-refractivity contribution in [2.24, 2.45) is 5.10 Å². The highest BCUT2D eigenvalue weighted by Gasteiger charge is 2.08. The minimum Gasteiger partial charge on any atom is -0.504 e. The third-order valence-electron chi connectivity index (χ3n) is 3.51. The Morgan fingerprint density at radius 2 is 1.96 bits per heavy atom. The number of aromatic hydroxyl groups is 1. The summed E-state index contributed by atoms with van der Waals surface area (Å²) in [6.07, 6.45) is 1.47. The smallest absolute Gasteiger partial charge is 0.251 e. The number of nitrogens with one attached hydrogen (secondary N) is 2.